The summed E-state index contributed by atoms with van der Waals surface area (Å²) in [7, 11) is 0. The predicted molar refractivity (Wildman–Crippen MR) is 85.5 cm³/mol. The molecule has 0 radical (unpaired) electrons. The van der Waals surface area contributed by atoms with Gasteiger partial charge in [0, 0.05) is 5.92 Å². The van der Waals surface area contributed by atoms with Crippen molar-refractivity contribution in [2.24, 2.45) is 0 Å². The molecule has 0 aliphatic heterocycles. The van der Waals surface area contributed by atoms with Crippen molar-refractivity contribution in [3.63, 3.8) is 0 Å². The monoisotopic (exact) mass is 367 g/mol. The van der Waals surface area contributed by atoms with Crippen LogP contribution in [-0.4, -0.2) is 25.8 Å². The van der Waals surface area contributed by atoms with E-state index < -0.39 is 24.3 Å². The molecule has 5 nitrogen and oxygen atoms in total. The lowest BCUT2D eigenvalue weighted by Gasteiger charge is -2.11. The van der Waals surface area contributed by atoms with Crippen LogP contribution in [0.25, 0.3) is 21.6 Å². The first-order valence-electron chi connectivity index (χ1n) is 7.59. The summed E-state index contributed by atoms with van der Waals surface area (Å²) in [5.74, 6) is -1.24. The van der Waals surface area contributed by atoms with Crippen molar-refractivity contribution >= 4 is 28.3 Å². The molecule has 0 spiro atoms. The number of hydrogen-bond donors (Lipinski definition) is 1. The largest absolute Gasteiger partial charge is 0.480 e. The second-order valence-electron chi connectivity index (χ2n) is 5.94. The van der Waals surface area contributed by atoms with Crippen LogP contribution in [0.2, 0.25) is 0 Å². The van der Waals surface area contributed by atoms with Gasteiger partial charge in [0.2, 0.25) is 0 Å². The van der Waals surface area contributed by atoms with Crippen LogP contribution in [0, 0.1) is 0 Å². The van der Waals surface area contributed by atoms with Gasteiger partial charge >= 0.3 is 12.1 Å². The fourth-order valence-corrected chi connectivity index (χ4v) is 3.54. The van der Waals surface area contributed by atoms with Crippen LogP contribution in [0.4, 0.5) is 13.2 Å². The molecule has 0 atom stereocenters. The highest BCUT2D eigenvalue weighted by Crippen LogP contribution is 2.46. The second-order valence-corrected chi connectivity index (χ2v) is 6.89. The number of pyridine rings is 1. The van der Waals surface area contributed by atoms with Crippen LogP contribution >= 0.6 is 11.3 Å². The van der Waals surface area contributed by atoms with Gasteiger partial charge in [-0.1, -0.05) is 6.07 Å². The van der Waals surface area contributed by atoms with Gasteiger partial charge in [0.25, 0.3) is 0 Å². The zero-order valence-corrected chi connectivity index (χ0v) is 13.6. The topological polar surface area (TPSA) is 68.0 Å². The molecule has 0 aromatic carbocycles. The van der Waals surface area contributed by atoms with Gasteiger partial charge < -0.3 is 5.11 Å². The van der Waals surface area contributed by atoms with Crippen LogP contribution in [0.1, 0.15) is 30.0 Å². The van der Waals surface area contributed by atoms with Crippen molar-refractivity contribution in [1.82, 2.24) is 14.8 Å². The van der Waals surface area contributed by atoms with Crippen LogP contribution in [0.5, 0.6) is 0 Å². The maximum atomic E-state index is 13.7. The molecule has 1 saturated carbocycles. The summed E-state index contributed by atoms with van der Waals surface area (Å²) in [5.41, 5.74) is -0.362. The summed E-state index contributed by atoms with van der Waals surface area (Å²) in [5, 5.41) is 14.9. The molecule has 0 unspecified atom stereocenters. The Bertz CT molecular complexity index is 959. The van der Waals surface area contributed by atoms with Crippen molar-refractivity contribution in [3.8, 4) is 10.6 Å². The van der Waals surface area contributed by atoms with Crippen LogP contribution < -0.4 is 0 Å². The molecule has 0 amide bonds. The summed E-state index contributed by atoms with van der Waals surface area (Å²) in [6.07, 6.45) is -3.07. The first kappa shape index (κ1) is 16.1. The van der Waals surface area contributed by atoms with E-state index in [0.29, 0.717) is 10.6 Å². The summed E-state index contributed by atoms with van der Waals surface area (Å²) in [6, 6.07) is 4.44. The van der Waals surface area contributed by atoms with Gasteiger partial charge in [-0.05, 0) is 30.4 Å². The van der Waals surface area contributed by atoms with E-state index in [2.05, 4.69) is 10.1 Å². The normalized spacial score (nSPS) is 15.0. The van der Waals surface area contributed by atoms with E-state index in [0.717, 1.165) is 23.6 Å². The summed E-state index contributed by atoms with van der Waals surface area (Å²) >= 11 is 1.27. The molecule has 0 bridgehead atoms. The fourth-order valence-electron chi connectivity index (χ4n) is 2.85. The molecule has 25 heavy (non-hydrogen) atoms. The van der Waals surface area contributed by atoms with Crippen LogP contribution in [0.15, 0.2) is 23.6 Å². The number of halogens is 3. The molecule has 3 aromatic rings. The molecule has 9 heteroatoms. The smallest absolute Gasteiger partial charge is 0.417 e. The fraction of sp³-hybridized carbons (Fsp3) is 0.312. The number of hydrogen-bond acceptors (Lipinski definition) is 4. The van der Waals surface area contributed by atoms with Gasteiger partial charge in [0.15, 0.2) is 5.65 Å². The molecule has 3 aromatic heterocycles. The number of nitrogens with zero attached hydrogens (tertiary/aromatic N) is 3. The summed E-state index contributed by atoms with van der Waals surface area (Å²) in [4.78, 5) is 16.0. The first-order valence-corrected chi connectivity index (χ1v) is 8.47. The first-order chi connectivity index (χ1) is 11.8. The molecule has 1 aliphatic carbocycles. The minimum atomic E-state index is -4.58. The minimum Gasteiger partial charge on any atom is -0.480 e. The third kappa shape index (κ3) is 2.88. The van der Waals surface area contributed by atoms with Crippen LogP contribution in [0.3, 0.4) is 0 Å². The molecular formula is C16H12F3N3O2S. The Morgan fingerprint density at radius 2 is 2.16 bits per heavy atom. The van der Waals surface area contributed by atoms with Crippen molar-refractivity contribution in [3.05, 3.63) is 34.8 Å². The maximum Gasteiger partial charge on any atom is 0.417 e. The standard InChI is InChI=1S/C16H12F3N3O2S/c17-16(18,19)9-6-10(11-2-1-5-25-11)20-15-13(9)14(8-3-4-8)21-22(15)7-12(23)24/h1-2,5-6,8H,3-4,7H2,(H,23,24). The number of fused-ring (bicyclic) bond motifs is 1. The highest BCUT2D eigenvalue weighted by atomic mass is 32.1. The van der Waals surface area contributed by atoms with Gasteiger partial charge in [-0.25, -0.2) is 9.67 Å². The zero-order valence-electron chi connectivity index (χ0n) is 12.7. The number of carboxylic acids is 1. The third-order valence-corrected chi connectivity index (χ3v) is 4.95. The van der Waals surface area contributed by atoms with E-state index >= 15 is 0 Å². The average Bonchev–Trinajstić information content (AvgIpc) is 3.10. The van der Waals surface area contributed by atoms with Gasteiger partial charge in [0.05, 0.1) is 27.2 Å². The second kappa shape index (κ2) is 5.55. The van der Waals surface area contributed by atoms with E-state index in [-0.39, 0.29) is 22.6 Å². The molecule has 130 valence electrons. The molecule has 0 saturated heterocycles. The van der Waals surface area contributed by atoms with Gasteiger partial charge in [-0.15, -0.1) is 11.3 Å². The van der Waals surface area contributed by atoms with E-state index in [9.17, 15) is 18.0 Å². The lowest BCUT2D eigenvalue weighted by atomic mass is 10.1. The minimum absolute atomic E-state index is 0.0254. The zero-order chi connectivity index (χ0) is 17.8. The number of alkyl halides is 3. The van der Waals surface area contributed by atoms with Gasteiger partial charge in [-0.2, -0.15) is 18.3 Å². The predicted octanol–water partition coefficient (Wildman–Crippen LogP) is 4.14. The number of aliphatic carboxylic acids is 1. The number of carbonyl (C=O) groups is 1. The van der Waals surface area contributed by atoms with Gasteiger partial charge in [-0.3, -0.25) is 4.79 Å². The Balaban J connectivity index is 2.04. The van der Waals surface area contributed by atoms with Crippen LogP contribution in [-0.2, 0) is 17.5 Å². The van der Waals surface area contributed by atoms with Crippen molar-refractivity contribution in [1.29, 1.82) is 0 Å². The lowest BCUT2D eigenvalue weighted by Crippen LogP contribution is -2.12. The van der Waals surface area contributed by atoms with Crippen molar-refractivity contribution in [2.45, 2.75) is 31.5 Å². The molecule has 3 heterocycles. The maximum absolute atomic E-state index is 13.7. The highest BCUT2D eigenvalue weighted by molar-refractivity contribution is 7.13. The summed E-state index contributed by atoms with van der Waals surface area (Å²) in [6.45, 7) is -0.526. The molecular weight excluding hydrogens is 355 g/mol. The molecule has 4 rings (SSSR count). The van der Waals surface area contributed by atoms with Gasteiger partial charge in [0.1, 0.15) is 6.54 Å². The molecule has 1 aliphatic rings. The summed E-state index contributed by atoms with van der Waals surface area (Å²) < 4.78 is 42.2. The third-order valence-electron chi connectivity index (χ3n) is 4.06. The highest BCUT2D eigenvalue weighted by Gasteiger charge is 2.39. The Morgan fingerprint density at radius 3 is 2.72 bits per heavy atom. The van der Waals surface area contributed by atoms with Crippen molar-refractivity contribution < 1.29 is 23.1 Å². The SMILES string of the molecule is O=C(O)Cn1nc(C2CC2)c2c(C(F)(F)F)cc(-c3cccs3)nc21. The van der Waals surface area contributed by atoms with E-state index in [4.69, 9.17) is 5.11 Å². The lowest BCUT2D eigenvalue weighted by molar-refractivity contribution is -0.138. The number of carboxylic acid groups (broad SMARTS) is 1. The number of rotatable bonds is 4. The Kier molecular flexibility index (Phi) is 3.57. The Hall–Kier alpha value is -2.42. The average molecular weight is 367 g/mol. The molecule has 1 fully saturated rings. The van der Waals surface area contributed by atoms with E-state index in [1.807, 2.05) is 0 Å². The van der Waals surface area contributed by atoms with E-state index in [1.54, 1.807) is 17.5 Å². The van der Waals surface area contributed by atoms with Crippen molar-refractivity contribution in [2.75, 3.05) is 0 Å². The number of thiophene rings is 1. The van der Waals surface area contributed by atoms with E-state index in [1.165, 1.54) is 11.3 Å². The quantitative estimate of drug-likeness (QED) is 0.753. The number of aromatic nitrogens is 3. The molecule has 1 N–H and O–H groups in total. The Labute approximate surface area is 143 Å². The Morgan fingerprint density at radius 1 is 1.40 bits per heavy atom.